The van der Waals surface area contributed by atoms with Crippen LogP contribution in [0.1, 0.15) is 20.8 Å². The Kier molecular flexibility index (Phi) is 8.20. The average molecular weight is 367 g/mol. The maximum Gasteiger partial charge on any atom is 0.325 e. The van der Waals surface area contributed by atoms with Gasteiger partial charge in [-0.2, -0.15) is 0 Å². The van der Waals surface area contributed by atoms with Crippen molar-refractivity contribution in [3.63, 3.8) is 0 Å². The first-order chi connectivity index (χ1) is 12.3. The molecule has 0 atom stereocenters. The Morgan fingerprint density at radius 3 is 2.04 bits per heavy atom. The number of nitrogens with zero attached hydrogens (tertiary/aromatic N) is 1. The first-order valence-corrected chi connectivity index (χ1v) is 8.13. The molecule has 0 fully saturated rings. The molecule has 0 saturated heterocycles. The number of nitrogen functional groups attached to an aromatic ring is 1. The van der Waals surface area contributed by atoms with E-state index >= 15 is 0 Å². The van der Waals surface area contributed by atoms with E-state index in [4.69, 9.17) is 19.9 Å². The number of benzene rings is 1. The fourth-order valence-corrected chi connectivity index (χ4v) is 2.24. The van der Waals surface area contributed by atoms with E-state index in [1.165, 1.54) is 31.1 Å². The minimum atomic E-state index is -0.517. The Balaban J connectivity index is 3.29. The maximum atomic E-state index is 11.9. The van der Waals surface area contributed by atoms with Gasteiger partial charge in [-0.25, -0.2) is 0 Å². The third kappa shape index (κ3) is 6.15. The van der Waals surface area contributed by atoms with E-state index in [-0.39, 0.29) is 37.9 Å². The van der Waals surface area contributed by atoms with Gasteiger partial charge in [-0.05, 0) is 19.9 Å². The van der Waals surface area contributed by atoms with Gasteiger partial charge in [-0.1, -0.05) is 0 Å². The molecule has 1 aromatic carbocycles. The Morgan fingerprint density at radius 1 is 1.08 bits per heavy atom. The lowest BCUT2D eigenvalue weighted by Gasteiger charge is -2.25. The number of nitrogens with one attached hydrogen (secondary N) is 1. The zero-order chi connectivity index (χ0) is 19.7. The third-order valence-electron chi connectivity index (χ3n) is 3.25. The van der Waals surface area contributed by atoms with Crippen molar-refractivity contribution in [1.29, 1.82) is 0 Å². The van der Waals surface area contributed by atoms with Crippen LogP contribution in [0.25, 0.3) is 0 Å². The van der Waals surface area contributed by atoms with Crippen LogP contribution in [0.5, 0.6) is 5.75 Å². The number of carbonyl (C=O) groups excluding carboxylic acids is 3. The minimum absolute atomic E-state index is 0.202. The van der Waals surface area contributed by atoms with Crippen molar-refractivity contribution >= 4 is 34.9 Å². The molecule has 3 N–H and O–H groups in total. The first-order valence-electron chi connectivity index (χ1n) is 8.13. The van der Waals surface area contributed by atoms with Crippen molar-refractivity contribution < 1.29 is 28.6 Å². The molecule has 0 aromatic heterocycles. The largest absolute Gasteiger partial charge is 0.495 e. The highest BCUT2D eigenvalue weighted by molar-refractivity contribution is 5.94. The van der Waals surface area contributed by atoms with Crippen LogP contribution >= 0.6 is 0 Å². The van der Waals surface area contributed by atoms with Gasteiger partial charge in [0.05, 0.1) is 37.4 Å². The van der Waals surface area contributed by atoms with Crippen LogP contribution in [0, 0.1) is 0 Å². The van der Waals surface area contributed by atoms with Crippen LogP contribution in [0.15, 0.2) is 12.1 Å². The number of hydrogen-bond acceptors (Lipinski definition) is 8. The molecule has 0 heterocycles. The molecule has 1 amide bonds. The number of carbonyl (C=O) groups is 3. The number of nitrogens with two attached hydrogens (primary N) is 1. The highest BCUT2D eigenvalue weighted by Gasteiger charge is 2.22. The highest BCUT2D eigenvalue weighted by Crippen LogP contribution is 2.36. The van der Waals surface area contributed by atoms with E-state index < -0.39 is 11.9 Å². The number of hydrogen-bond donors (Lipinski definition) is 2. The summed E-state index contributed by atoms with van der Waals surface area (Å²) in [5, 5.41) is 2.60. The quantitative estimate of drug-likeness (QED) is 0.493. The zero-order valence-electron chi connectivity index (χ0n) is 15.5. The number of ether oxygens (including phenoxy) is 3. The zero-order valence-corrected chi connectivity index (χ0v) is 15.5. The molecule has 9 heteroatoms. The number of rotatable bonds is 9. The molecule has 144 valence electrons. The summed E-state index contributed by atoms with van der Waals surface area (Å²) in [7, 11) is 1.43. The molecule has 0 bridgehead atoms. The Morgan fingerprint density at radius 2 is 1.62 bits per heavy atom. The SMILES string of the molecule is CCOC(=O)CN(CC(=O)OCC)c1cc(NC(C)=O)c(N)cc1OC. The predicted molar refractivity (Wildman–Crippen MR) is 97.2 cm³/mol. The van der Waals surface area contributed by atoms with Crippen LogP contribution < -0.4 is 20.7 Å². The lowest BCUT2D eigenvalue weighted by Crippen LogP contribution is -2.36. The van der Waals surface area contributed by atoms with Crippen LogP contribution in [0.2, 0.25) is 0 Å². The summed E-state index contributed by atoms with van der Waals surface area (Å²) < 4.78 is 15.2. The predicted octanol–water partition coefficient (Wildman–Crippen LogP) is 1.17. The van der Waals surface area contributed by atoms with E-state index in [2.05, 4.69) is 5.32 Å². The Hall–Kier alpha value is -2.97. The fraction of sp³-hybridized carbons (Fsp3) is 0.471. The highest BCUT2D eigenvalue weighted by atomic mass is 16.5. The van der Waals surface area contributed by atoms with Gasteiger partial charge in [0.2, 0.25) is 5.91 Å². The van der Waals surface area contributed by atoms with Crippen molar-refractivity contribution in [1.82, 2.24) is 0 Å². The van der Waals surface area contributed by atoms with Crippen molar-refractivity contribution in [2.24, 2.45) is 0 Å². The molecule has 1 rings (SSSR count). The van der Waals surface area contributed by atoms with Gasteiger partial charge in [0, 0.05) is 13.0 Å². The lowest BCUT2D eigenvalue weighted by molar-refractivity contribution is -0.142. The molecular weight excluding hydrogens is 342 g/mol. The minimum Gasteiger partial charge on any atom is -0.495 e. The van der Waals surface area contributed by atoms with Crippen LogP contribution in [-0.4, -0.2) is 51.3 Å². The molecule has 1 aromatic rings. The molecule has 0 saturated carbocycles. The molecule has 0 aliphatic carbocycles. The average Bonchev–Trinajstić information content (AvgIpc) is 2.55. The molecule has 9 nitrogen and oxygen atoms in total. The van der Waals surface area contributed by atoms with Gasteiger partial charge in [0.25, 0.3) is 0 Å². The second-order valence-electron chi connectivity index (χ2n) is 5.26. The van der Waals surface area contributed by atoms with Gasteiger partial charge in [-0.3, -0.25) is 14.4 Å². The van der Waals surface area contributed by atoms with Crippen molar-refractivity contribution in [2.75, 3.05) is 49.4 Å². The lowest BCUT2D eigenvalue weighted by atomic mass is 10.2. The van der Waals surface area contributed by atoms with E-state index in [9.17, 15) is 14.4 Å². The summed E-state index contributed by atoms with van der Waals surface area (Å²) in [5.41, 5.74) is 6.93. The van der Waals surface area contributed by atoms with Gasteiger partial charge in [-0.15, -0.1) is 0 Å². The first kappa shape index (κ1) is 21.1. The maximum absolute atomic E-state index is 11.9. The van der Waals surface area contributed by atoms with E-state index in [0.29, 0.717) is 17.1 Å². The summed E-state index contributed by atoms with van der Waals surface area (Å²) in [6.07, 6.45) is 0. The molecule has 0 aliphatic heterocycles. The summed E-state index contributed by atoms with van der Waals surface area (Å²) in [4.78, 5) is 36.7. The van der Waals surface area contributed by atoms with Crippen LogP contribution in [0.3, 0.4) is 0 Å². The smallest absolute Gasteiger partial charge is 0.325 e. The number of esters is 2. The van der Waals surface area contributed by atoms with E-state index in [0.717, 1.165) is 0 Å². The van der Waals surface area contributed by atoms with Gasteiger partial charge in [0.1, 0.15) is 18.8 Å². The standard InChI is InChI=1S/C17H25N3O6/c1-5-25-16(22)9-20(10-17(23)26-6-2)14-8-13(19-11(3)21)12(18)7-15(14)24-4/h7-8H,5-6,9-10,18H2,1-4H3,(H,19,21). The summed E-state index contributed by atoms with van der Waals surface area (Å²) in [5.74, 6) is -1.01. The second kappa shape index (κ2) is 10.1. The van der Waals surface area contributed by atoms with Gasteiger partial charge in [0.15, 0.2) is 0 Å². The molecule has 26 heavy (non-hydrogen) atoms. The molecular formula is C17H25N3O6. The number of anilines is 3. The van der Waals surface area contributed by atoms with Gasteiger partial charge >= 0.3 is 11.9 Å². The summed E-state index contributed by atoms with van der Waals surface area (Å²) >= 11 is 0. The Bertz CT molecular complexity index is 642. The number of amides is 1. The van der Waals surface area contributed by atoms with Crippen molar-refractivity contribution in [2.45, 2.75) is 20.8 Å². The van der Waals surface area contributed by atoms with Crippen molar-refractivity contribution in [3.05, 3.63) is 12.1 Å². The summed E-state index contributed by atoms with van der Waals surface area (Å²) in [6.45, 7) is 4.74. The van der Waals surface area contributed by atoms with Crippen LogP contribution in [-0.2, 0) is 23.9 Å². The number of methoxy groups -OCH3 is 1. The molecule has 0 radical (unpaired) electrons. The second-order valence-corrected chi connectivity index (χ2v) is 5.26. The molecule has 0 unspecified atom stereocenters. The van der Waals surface area contributed by atoms with E-state index in [1.807, 2.05) is 0 Å². The topological polar surface area (TPSA) is 120 Å². The van der Waals surface area contributed by atoms with Gasteiger partial charge < -0.3 is 30.2 Å². The third-order valence-corrected chi connectivity index (χ3v) is 3.25. The van der Waals surface area contributed by atoms with Crippen molar-refractivity contribution in [3.8, 4) is 5.75 Å². The normalized spacial score (nSPS) is 10.0. The monoisotopic (exact) mass is 367 g/mol. The molecule has 0 spiro atoms. The van der Waals surface area contributed by atoms with Crippen LogP contribution in [0.4, 0.5) is 17.1 Å². The Labute approximate surface area is 152 Å². The fourth-order valence-electron chi connectivity index (χ4n) is 2.24. The summed E-state index contributed by atoms with van der Waals surface area (Å²) in [6, 6.07) is 3.04. The molecule has 0 aliphatic rings. The van der Waals surface area contributed by atoms with E-state index in [1.54, 1.807) is 13.8 Å².